The lowest BCUT2D eigenvalue weighted by Crippen LogP contribution is -2.49. The van der Waals surface area contributed by atoms with Gasteiger partial charge in [0, 0.05) is 12.6 Å². The molecule has 5 rings (SSSR count). The van der Waals surface area contributed by atoms with Crippen molar-refractivity contribution in [1.82, 2.24) is 14.8 Å². The van der Waals surface area contributed by atoms with Crippen molar-refractivity contribution < 1.29 is 19.3 Å². The van der Waals surface area contributed by atoms with Gasteiger partial charge in [0.25, 0.3) is 17.5 Å². The minimum absolute atomic E-state index is 0.0482. The van der Waals surface area contributed by atoms with Gasteiger partial charge in [0.2, 0.25) is 5.91 Å². The number of rotatable bonds is 4. The van der Waals surface area contributed by atoms with Crippen LogP contribution in [0.5, 0.6) is 0 Å². The Bertz CT molecular complexity index is 1270. The Hall–Kier alpha value is -3.66. The highest BCUT2D eigenvalue weighted by atomic mass is 32.1. The van der Waals surface area contributed by atoms with Crippen LogP contribution in [0.2, 0.25) is 0 Å². The first-order valence-corrected chi connectivity index (χ1v) is 11.0. The zero-order valence-corrected chi connectivity index (χ0v) is 17.9. The molecule has 1 unspecified atom stereocenters. The van der Waals surface area contributed by atoms with Gasteiger partial charge >= 0.3 is 0 Å². The van der Waals surface area contributed by atoms with Crippen LogP contribution in [0, 0.1) is 10.1 Å². The third-order valence-corrected chi connectivity index (χ3v) is 7.13. The van der Waals surface area contributed by atoms with Gasteiger partial charge in [-0.3, -0.25) is 29.4 Å². The minimum Gasteiger partial charge on any atom is -0.331 e. The van der Waals surface area contributed by atoms with Crippen molar-refractivity contribution >= 4 is 45.0 Å². The molecule has 2 aliphatic heterocycles. The van der Waals surface area contributed by atoms with Crippen LogP contribution in [-0.2, 0) is 4.79 Å². The van der Waals surface area contributed by atoms with Gasteiger partial charge < -0.3 is 4.90 Å². The SMILES string of the molecule is C[C@@H](C(=O)N1CCCC1c1nc2ccccc2s1)N1C(=O)c2cccc([N+](=O)[O-])c2C1=O. The summed E-state index contributed by atoms with van der Waals surface area (Å²) in [5, 5.41) is 12.2. The normalized spacial score (nSPS) is 19.0. The van der Waals surface area contributed by atoms with Gasteiger partial charge in [-0.25, -0.2) is 4.98 Å². The van der Waals surface area contributed by atoms with E-state index in [0.717, 1.165) is 33.0 Å². The molecule has 2 aliphatic rings. The van der Waals surface area contributed by atoms with Crippen LogP contribution >= 0.6 is 11.3 Å². The molecule has 9 nitrogen and oxygen atoms in total. The molecule has 1 aromatic heterocycles. The third-order valence-electron chi connectivity index (χ3n) is 6.00. The summed E-state index contributed by atoms with van der Waals surface area (Å²) in [6.45, 7) is 1.98. The average molecular weight is 450 g/mol. The number of hydrogen-bond donors (Lipinski definition) is 0. The maximum Gasteiger partial charge on any atom is 0.282 e. The molecule has 0 radical (unpaired) electrons. The molecule has 10 heteroatoms. The molecule has 1 fully saturated rings. The van der Waals surface area contributed by atoms with Crippen LogP contribution in [-0.4, -0.2) is 50.0 Å². The predicted octanol–water partition coefficient (Wildman–Crippen LogP) is 3.55. The van der Waals surface area contributed by atoms with Crippen LogP contribution in [0.15, 0.2) is 42.5 Å². The molecule has 0 N–H and O–H groups in total. The van der Waals surface area contributed by atoms with E-state index in [1.807, 2.05) is 24.3 Å². The number of nitro benzene ring substituents is 1. The number of fused-ring (bicyclic) bond motifs is 2. The number of thiazole rings is 1. The lowest BCUT2D eigenvalue weighted by molar-refractivity contribution is -0.385. The predicted molar refractivity (Wildman–Crippen MR) is 116 cm³/mol. The molecule has 0 saturated carbocycles. The zero-order valence-electron chi connectivity index (χ0n) is 17.1. The fourth-order valence-electron chi connectivity index (χ4n) is 4.46. The second kappa shape index (κ2) is 7.49. The van der Waals surface area contributed by atoms with Crippen LogP contribution in [0.3, 0.4) is 0 Å². The number of aromatic nitrogens is 1. The number of benzene rings is 2. The fraction of sp³-hybridized carbons (Fsp3) is 0.273. The monoisotopic (exact) mass is 450 g/mol. The summed E-state index contributed by atoms with van der Waals surface area (Å²) in [5.74, 6) is -1.87. The smallest absolute Gasteiger partial charge is 0.282 e. The fourth-order valence-corrected chi connectivity index (χ4v) is 5.57. The van der Waals surface area contributed by atoms with Crippen molar-refractivity contribution in [3.63, 3.8) is 0 Å². The van der Waals surface area contributed by atoms with E-state index in [1.54, 1.807) is 4.90 Å². The Morgan fingerprint density at radius 2 is 1.97 bits per heavy atom. The van der Waals surface area contributed by atoms with E-state index >= 15 is 0 Å². The van der Waals surface area contributed by atoms with E-state index in [4.69, 9.17) is 0 Å². The van der Waals surface area contributed by atoms with Crippen molar-refractivity contribution in [1.29, 1.82) is 0 Å². The summed E-state index contributed by atoms with van der Waals surface area (Å²) < 4.78 is 1.03. The van der Waals surface area contributed by atoms with Gasteiger partial charge in [0.05, 0.1) is 26.7 Å². The van der Waals surface area contributed by atoms with Crippen LogP contribution in [0.25, 0.3) is 10.2 Å². The Labute approximate surface area is 186 Å². The van der Waals surface area contributed by atoms with Gasteiger partial charge in [-0.1, -0.05) is 18.2 Å². The number of nitrogens with zero attached hydrogens (tertiary/aromatic N) is 4. The molecular weight excluding hydrogens is 432 g/mol. The lowest BCUT2D eigenvalue weighted by Gasteiger charge is -2.29. The van der Waals surface area contributed by atoms with Gasteiger partial charge in [-0.2, -0.15) is 0 Å². The Kier molecular flexibility index (Phi) is 4.74. The highest BCUT2D eigenvalue weighted by molar-refractivity contribution is 7.18. The average Bonchev–Trinajstić information content (AvgIpc) is 3.49. The van der Waals surface area contributed by atoms with Crippen molar-refractivity contribution in [2.24, 2.45) is 0 Å². The second-order valence-electron chi connectivity index (χ2n) is 7.82. The molecule has 0 bridgehead atoms. The molecule has 3 amide bonds. The van der Waals surface area contributed by atoms with E-state index in [-0.39, 0.29) is 23.1 Å². The number of imide groups is 1. The van der Waals surface area contributed by atoms with E-state index in [9.17, 15) is 24.5 Å². The molecule has 2 atom stereocenters. The second-order valence-corrected chi connectivity index (χ2v) is 8.88. The highest BCUT2D eigenvalue weighted by Crippen LogP contribution is 2.38. The first-order chi connectivity index (χ1) is 15.4. The maximum absolute atomic E-state index is 13.4. The van der Waals surface area contributed by atoms with Gasteiger partial charge in [-0.05, 0) is 38.0 Å². The summed E-state index contributed by atoms with van der Waals surface area (Å²) in [7, 11) is 0. The van der Waals surface area contributed by atoms with Crippen molar-refractivity contribution in [3.05, 3.63) is 68.7 Å². The summed E-state index contributed by atoms with van der Waals surface area (Å²) in [4.78, 5) is 57.2. The van der Waals surface area contributed by atoms with Crippen LogP contribution < -0.4 is 0 Å². The van der Waals surface area contributed by atoms with Gasteiger partial charge in [-0.15, -0.1) is 11.3 Å². The number of likely N-dealkylation sites (tertiary alicyclic amines) is 1. The number of amides is 3. The topological polar surface area (TPSA) is 114 Å². The van der Waals surface area contributed by atoms with Crippen LogP contribution in [0.1, 0.15) is 51.5 Å². The number of para-hydroxylation sites is 1. The molecule has 3 aromatic rings. The van der Waals surface area contributed by atoms with Crippen molar-refractivity contribution in [2.75, 3.05) is 6.54 Å². The summed E-state index contributed by atoms with van der Waals surface area (Å²) in [6, 6.07) is 10.4. The van der Waals surface area contributed by atoms with Crippen LogP contribution in [0.4, 0.5) is 5.69 Å². The molecule has 2 aromatic carbocycles. The minimum atomic E-state index is -1.09. The number of carbonyl (C=O) groups is 3. The molecule has 0 aliphatic carbocycles. The Balaban J connectivity index is 1.44. The molecule has 0 spiro atoms. The molecule has 162 valence electrons. The highest BCUT2D eigenvalue weighted by Gasteiger charge is 2.47. The van der Waals surface area contributed by atoms with E-state index in [0.29, 0.717) is 6.54 Å². The third kappa shape index (κ3) is 2.98. The van der Waals surface area contributed by atoms with E-state index < -0.39 is 28.5 Å². The van der Waals surface area contributed by atoms with Crippen molar-refractivity contribution in [3.8, 4) is 0 Å². The molecule has 3 heterocycles. The number of nitro groups is 1. The molecular formula is C22H18N4O5S. The maximum atomic E-state index is 13.4. The standard InChI is InChI=1S/C22H18N4O5S/c1-12(25-21(28)13-6-4-8-15(26(30)31)18(13)22(25)29)20(27)24-11-5-9-16(24)19-23-14-7-2-3-10-17(14)32-19/h2-4,6-8,10,12,16H,5,9,11H2,1H3/t12-,16?/m0/s1. The first kappa shape index (κ1) is 20.3. The summed E-state index contributed by atoms with van der Waals surface area (Å²) in [6.07, 6.45) is 1.53. The Morgan fingerprint density at radius 1 is 1.19 bits per heavy atom. The van der Waals surface area contributed by atoms with Crippen molar-refractivity contribution in [2.45, 2.75) is 31.8 Å². The first-order valence-electron chi connectivity index (χ1n) is 10.2. The number of carbonyl (C=O) groups excluding carboxylic acids is 3. The molecule has 32 heavy (non-hydrogen) atoms. The van der Waals surface area contributed by atoms with Gasteiger partial charge in [0.1, 0.15) is 16.6 Å². The van der Waals surface area contributed by atoms with E-state index in [1.165, 1.54) is 36.5 Å². The summed E-state index contributed by atoms with van der Waals surface area (Å²) >= 11 is 1.53. The Morgan fingerprint density at radius 3 is 2.72 bits per heavy atom. The lowest BCUT2D eigenvalue weighted by atomic mass is 10.1. The quantitative estimate of drug-likeness (QED) is 0.341. The molecule has 1 saturated heterocycles. The summed E-state index contributed by atoms with van der Waals surface area (Å²) in [5.41, 5.74) is 0.128. The van der Waals surface area contributed by atoms with Gasteiger partial charge in [0.15, 0.2) is 0 Å². The van der Waals surface area contributed by atoms with E-state index in [2.05, 4.69) is 4.98 Å². The number of hydrogen-bond acceptors (Lipinski definition) is 7. The largest absolute Gasteiger partial charge is 0.331 e. The zero-order chi connectivity index (χ0) is 22.6.